The van der Waals surface area contributed by atoms with Crippen LogP contribution in [0.5, 0.6) is 11.5 Å². The number of rotatable bonds is 7. The average molecular weight is 846 g/mol. The number of sulfonamides is 1. The number of Topliss-reactive ketones (excluding diaryl/α,β-unsaturated/α-hetero) is 1. The molecule has 2 aromatic rings. The molecular formula is C43H54F3N3O9S. The first-order chi connectivity index (χ1) is 27.5. The van der Waals surface area contributed by atoms with Gasteiger partial charge >= 0.3 is 12.1 Å². The number of nitrogens with zero attached hydrogens (tertiary/aromatic N) is 2. The zero-order chi connectivity index (χ0) is 42.8. The van der Waals surface area contributed by atoms with E-state index in [1.54, 1.807) is 40.7 Å². The minimum atomic E-state index is -4.52. The highest BCUT2D eigenvalue weighted by Crippen LogP contribution is 2.58. The number of carbonyl (C=O) groups excluding carboxylic acids is 4. The van der Waals surface area contributed by atoms with E-state index in [1.165, 1.54) is 17.0 Å². The number of hydrogen-bond donors (Lipinski definition) is 1. The molecule has 1 N–H and O–H groups in total. The number of hydrogen-bond acceptors (Lipinski definition) is 10. The third-order valence-electron chi connectivity index (χ3n) is 12.7. The number of aromatic nitrogens is 1. The minimum Gasteiger partial charge on any atom is -0.484 e. The first-order valence-corrected chi connectivity index (χ1v) is 22.1. The van der Waals surface area contributed by atoms with Gasteiger partial charge < -0.3 is 19.1 Å². The number of esters is 1. The Morgan fingerprint density at radius 3 is 2.51 bits per heavy atom. The van der Waals surface area contributed by atoms with Gasteiger partial charge in [-0.25, -0.2) is 13.4 Å². The number of halogens is 3. The van der Waals surface area contributed by atoms with Crippen LogP contribution in [0.1, 0.15) is 116 Å². The summed E-state index contributed by atoms with van der Waals surface area (Å²) in [5.41, 5.74) is -1.41. The topological polar surface area (TPSA) is 158 Å². The number of ether oxygens (including phenoxy) is 3. The van der Waals surface area contributed by atoms with Crippen LogP contribution in [0.3, 0.4) is 0 Å². The van der Waals surface area contributed by atoms with E-state index in [2.05, 4.69) is 9.71 Å². The van der Waals surface area contributed by atoms with Gasteiger partial charge in [0.15, 0.2) is 12.4 Å². The Labute approximate surface area is 343 Å². The lowest BCUT2D eigenvalue weighted by Crippen LogP contribution is -2.48. The molecule has 4 heterocycles. The number of alkyl halides is 3. The molecule has 12 nitrogen and oxygen atoms in total. The SMILES string of the molecule is Cc1nc2ccc(OCC(F)(F)F)cc2c2c1O[C@]1(CC2)C[C@H]2C(=O)C[C@]3(C(=O)NS(=O)(=O)C4(C)CC4)C[C@H]3/C=C\CCCCC[C@H](CC(=O)OC(C)(C)C)C(=O)N2C1. The van der Waals surface area contributed by atoms with Gasteiger partial charge in [0.05, 0.1) is 40.4 Å². The molecule has 1 saturated heterocycles. The molecule has 7 rings (SSSR count). The Hall–Kier alpha value is -4.21. The predicted molar refractivity (Wildman–Crippen MR) is 211 cm³/mol. The maximum Gasteiger partial charge on any atom is 0.422 e. The molecule has 3 aliphatic heterocycles. The van der Waals surface area contributed by atoms with E-state index in [1.807, 2.05) is 12.2 Å². The van der Waals surface area contributed by atoms with E-state index >= 15 is 0 Å². The summed E-state index contributed by atoms with van der Waals surface area (Å²) in [5.74, 6) is -2.81. The normalized spacial score (nSPS) is 28.9. The first kappa shape index (κ1) is 42.9. The fraction of sp³-hybridized carbons (Fsp3) is 0.651. The van der Waals surface area contributed by atoms with E-state index in [0.717, 1.165) is 12.8 Å². The Balaban J connectivity index is 1.23. The fourth-order valence-electron chi connectivity index (χ4n) is 8.98. The van der Waals surface area contributed by atoms with Crippen LogP contribution in [-0.2, 0) is 40.4 Å². The molecule has 5 atom stereocenters. The van der Waals surface area contributed by atoms with Gasteiger partial charge in [0, 0.05) is 29.7 Å². The van der Waals surface area contributed by atoms with Crippen molar-refractivity contribution < 1.29 is 55.0 Å². The highest BCUT2D eigenvalue weighted by Gasteiger charge is 2.63. The van der Waals surface area contributed by atoms with Crippen LogP contribution in [-0.4, -0.2) is 83.2 Å². The van der Waals surface area contributed by atoms with Crippen LogP contribution in [0.15, 0.2) is 30.4 Å². The molecule has 322 valence electrons. The highest BCUT2D eigenvalue weighted by molar-refractivity contribution is 7.91. The lowest BCUT2D eigenvalue weighted by Gasteiger charge is -2.36. The number of pyridine rings is 1. The lowest BCUT2D eigenvalue weighted by molar-refractivity contribution is -0.159. The highest BCUT2D eigenvalue weighted by atomic mass is 32.2. The van der Waals surface area contributed by atoms with Crippen molar-refractivity contribution in [3.63, 3.8) is 0 Å². The van der Waals surface area contributed by atoms with E-state index in [9.17, 15) is 40.8 Å². The van der Waals surface area contributed by atoms with Crippen LogP contribution in [0.25, 0.3) is 10.9 Å². The molecule has 1 spiro atoms. The summed E-state index contributed by atoms with van der Waals surface area (Å²) in [6.07, 6.45) is 4.07. The molecule has 3 fully saturated rings. The number of ketones is 1. The largest absolute Gasteiger partial charge is 0.484 e. The number of aryl methyl sites for hydroxylation is 2. The molecule has 2 aliphatic carbocycles. The van der Waals surface area contributed by atoms with Crippen molar-refractivity contribution in [1.29, 1.82) is 0 Å². The molecule has 16 heteroatoms. The van der Waals surface area contributed by atoms with E-state index < -0.39 is 79.7 Å². The average Bonchev–Trinajstić information content (AvgIpc) is 4.03. The van der Waals surface area contributed by atoms with Crippen molar-refractivity contribution in [2.75, 3.05) is 13.2 Å². The Morgan fingerprint density at radius 1 is 1.07 bits per heavy atom. The lowest BCUT2D eigenvalue weighted by atomic mass is 9.85. The van der Waals surface area contributed by atoms with Gasteiger partial charge in [0.1, 0.15) is 22.7 Å². The zero-order valence-corrected chi connectivity index (χ0v) is 35.2. The summed E-state index contributed by atoms with van der Waals surface area (Å²) in [7, 11) is -4.00. The maximum atomic E-state index is 14.8. The maximum absolute atomic E-state index is 14.8. The van der Waals surface area contributed by atoms with E-state index in [-0.39, 0.29) is 43.9 Å². The Bertz CT molecular complexity index is 2180. The molecule has 5 aliphatic rings. The molecule has 2 saturated carbocycles. The first-order valence-electron chi connectivity index (χ1n) is 20.6. The van der Waals surface area contributed by atoms with Gasteiger partial charge in [0.2, 0.25) is 21.8 Å². The second-order valence-corrected chi connectivity index (χ2v) is 20.8. The van der Waals surface area contributed by atoms with Gasteiger partial charge in [-0.05, 0) is 110 Å². The Morgan fingerprint density at radius 2 is 1.81 bits per heavy atom. The van der Waals surface area contributed by atoms with Crippen molar-refractivity contribution in [1.82, 2.24) is 14.6 Å². The monoisotopic (exact) mass is 845 g/mol. The molecule has 1 aromatic carbocycles. The quantitative estimate of drug-likeness (QED) is 0.228. The smallest absolute Gasteiger partial charge is 0.422 e. The number of nitrogens with one attached hydrogen (secondary N) is 1. The van der Waals surface area contributed by atoms with E-state index in [0.29, 0.717) is 72.9 Å². The fourth-order valence-corrected chi connectivity index (χ4v) is 10.3. The molecular weight excluding hydrogens is 792 g/mol. The Kier molecular flexibility index (Phi) is 11.2. The van der Waals surface area contributed by atoms with Crippen molar-refractivity contribution in [3.05, 3.63) is 41.6 Å². The van der Waals surface area contributed by atoms with Crippen molar-refractivity contribution >= 4 is 44.5 Å². The molecule has 0 unspecified atom stereocenters. The summed E-state index contributed by atoms with van der Waals surface area (Å²) in [4.78, 5) is 63.1. The number of benzene rings is 1. The van der Waals surface area contributed by atoms with Crippen molar-refractivity contribution in [3.8, 4) is 11.5 Å². The second kappa shape index (κ2) is 15.4. The summed E-state index contributed by atoms with van der Waals surface area (Å²) in [6, 6.07) is 3.48. The summed E-state index contributed by atoms with van der Waals surface area (Å²) >= 11 is 0. The van der Waals surface area contributed by atoms with Gasteiger partial charge in [-0.3, -0.25) is 23.9 Å². The molecule has 59 heavy (non-hydrogen) atoms. The summed E-state index contributed by atoms with van der Waals surface area (Å²) in [6.45, 7) is 7.13. The number of carbonyl (C=O) groups is 4. The number of amides is 2. The molecule has 1 aromatic heterocycles. The molecule has 0 bridgehead atoms. The number of fused-ring (bicyclic) bond motifs is 5. The summed E-state index contributed by atoms with van der Waals surface area (Å²) < 4.78 is 84.2. The van der Waals surface area contributed by atoms with Crippen molar-refractivity contribution in [2.45, 2.75) is 146 Å². The van der Waals surface area contributed by atoms with Crippen molar-refractivity contribution in [2.24, 2.45) is 17.3 Å². The molecule has 0 radical (unpaired) electrons. The van der Waals surface area contributed by atoms with Crippen LogP contribution in [0.4, 0.5) is 13.2 Å². The minimum absolute atomic E-state index is 0.00598. The third kappa shape index (κ3) is 9.12. The van der Waals surface area contributed by atoms with Crippen LogP contribution in [0.2, 0.25) is 0 Å². The van der Waals surface area contributed by atoms with Gasteiger partial charge in [-0.2, -0.15) is 13.2 Å². The summed E-state index contributed by atoms with van der Waals surface area (Å²) in [5, 5.41) is 0.563. The predicted octanol–water partition coefficient (Wildman–Crippen LogP) is 6.98. The molecule has 2 amide bonds. The zero-order valence-electron chi connectivity index (χ0n) is 34.3. The van der Waals surface area contributed by atoms with E-state index in [4.69, 9.17) is 14.2 Å². The second-order valence-electron chi connectivity index (χ2n) is 18.6. The van der Waals surface area contributed by atoms with Crippen LogP contribution < -0.4 is 14.2 Å². The van der Waals surface area contributed by atoms with Crippen LogP contribution in [0, 0.1) is 24.2 Å². The third-order valence-corrected chi connectivity index (χ3v) is 14.8. The van der Waals surface area contributed by atoms with Crippen LogP contribution >= 0.6 is 0 Å². The van der Waals surface area contributed by atoms with Gasteiger partial charge in [-0.1, -0.05) is 25.0 Å². The standard InChI is InChI=1S/C43H54F3N3O9S/c1-26-36-30(31-20-29(13-14-32(31)47-26)56-25-43(44,45)46)15-16-41(58-36)22-33-34(50)23-42(38(53)48-59(54,55)40(5)17-18-40)21-28(42)12-10-8-6-7-9-11-27(37(52)49(33)24-41)19-35(51)57-39(2,3)4/h10,12-14,20,27-28,33H,6-9,11,15-19,21-25H2,1-5H3,(H,48,53)/b12-10-/t27-,28-,33+,41-,42-/m1/s1. The number of allylic oxidation sites excluding steroid dienone is 2. The van der Waals surface area contributed by atoms with Gasteiger partial charge in [0.25, 0.3) is 0 Å². The van der Waals surface area contributed by atoms with Gasteiger partial charge in [-0.15, -0.1) is 0 Å².